The third kappa shape index (κ3) is 4.37. The van der Waals surface area contributed by atoms with E-state index in [1.54, 1.807) is 12.1 Å². The summed E-state index contributed by atoms with van der Waals surface area (Å²) in [6.07, 6.45) is 5.30. The van der Waals surface area contributed by atoms with Crippen LogP contribution in [-0.4, -0.2) is 22.8 Å². The highest BCUT2D eigenvalue weighted by Gasteiger charge is 2.17. The highest BCUT2D eigenvalue weighted by molar-refractivity contribution is 5.97. The van der Waals surface area contributed by atoms with Gasteiger partial charge in [0.25, 0.3) is 5.91 Å². The fourth-order valence-electron chi connectivity index (χ4n) is 1.34. The molecular weight excluding hydrogens is 230 g/mol. The maximum absolute atomic E-state index is 11.8. The summed E-state index contributed by atoms with van der Waals surface area (Å²) < 4.78 is 0. The molecule has 1 aromatic heterocycles. The van der Waals surface area contributed by atoms with Crippen molar-refractivity contribution < 1.29 is 9.59 Å². The van der Waals surface area contributed by atoms with Crippen molar-refractivity contribution in [1.82, 2.24) is 10.3 Å². The van der Waals surface area contributed by atoms with Crippen molar-refractivity contribution in [3.8, 4) is 0 Å². The minimum absolute atomic E-state index is 0.330. The largest absolute Gasteiger partial charge is 0.368 e. The van der Waals surface area contributed by atoms with Gasteiger partial charge in [0.2, 0.25) is 5.91 Å². The van der Waals surface area contributed by atoms with E-state index in [-0.39, 0.29) is 5.91 Å². The first-order valence-electron chi connectivity index (χ1n) is 5.64. The van der Waals surface area contributed by atoms with Crippen molar-refractivity contribution in [2.45, 2.75) is 26.3 Å². The van der Waals surface area contributed by atoms with Gasteiger partial charge in [-0.25, -0.2) is 0 Å². The second-order valence-electron chi connectivity index (χ2n) is 4.18. The predicted octanol–water partition coefficient (Wildman–Crippen LogP) is 1.02. The molecule has 0 spiro atoms. The molecule has 3 N–H and O–H groups in total. The third-order valence-electron chi connectivity index (χ3n) is 2.35. The van der Waals surface area contributed by atoms with Crippen molar-refractivity contribution in [3.05, 3.63) is 41.7 Å². The van der Waals surface area contributed by atoms with E-state index in [1.165, 1.54) is 12.4 Å². The number of aromatic nitrogens is 1. The zero-order chi connectivity index (χ0) is 13.5. The van der Waals surface area contributed by atoms with Crippen molar-refractivity contribution in [2.75, 3.05) is 0 Å². The second-order valence-corrected chi connectivity index (χ2v) is 4.18. The Balaban J connectivity index is 2.70. The van der Waals surface area contributed by atoms with Gasteiger partial charge in [0.05, 0.1) is 0 Å². The van der Waals surface area contributed by atoms with Gasteiger partial charge in [-0.05, 0) is 32.4 Å². The van der Waals surface area contributed by atoms with Gasteiger partial charge < -0.3 is 11.1 Å². The number of nitrogens with zero attached hydrogens (tertiary/aromatic N) is 1. The molecule has 0 saturated carbocycles. The molecule has 5 nitrogen and oxygen atoms in total. The number of nitrogens with two attached hydrogens (primary N) is 1. The Kier molecular flexibility index (Phi) is 5.05. The van der Waals surface area contributed by atoms with Crippen LogP contribution in [0.15, 0.2) is 36.2 Å². The Hall–Kier alpha value is -2.17. The summed E-state index contributed by atoms with van der Waals surface area (Å²) in [4.78, 5) is 26.9. The highest BCUT2D eigenvalue weighted by Crippen LogP contribution is 2.01. The lowest BCUT2D eigenvalue weighted by atomic mass is 10.1. The number of nitrogens with one attached hydrogen (secondary N) is 1. The van der Waals surface area contributed by atoms with E-state index >= 15 is 0 Å². The lowest BCUT2D eigenvalue weighted by Crippen LogP contribution is -2.44. The van der Waals surface area contributed by atoms with E-state index in [0.29, 0.717) is 12.0 Å². The molecule has 0 aromatic carbocycles. The standard InChI is InChI=1S/C13H17N3O2/c1-9(2)3-4-11(12(14)17)16-13(18)10-5-7-15-8-6-10/h3,5-8,11H,4H2,1-2H3,(H2,14,17)(H,16,18)/t11-/m0/s1. The van der Waals surface area contributed by atoms with Crippen LogP contribution >= 0.6 is 0 Å². The maximum atomic E-state index is 11.8. The minimum Gasteiger partial charge on any atom is -0.368 e. The van der Waals surface area contributed by atoms with Crippen molar-refractivity contribution in [1.29, 1.82) is 0 Å². The zero-order valence-electron chi connectivity index (χ0n) is 10.5. The van der Waals surface area contributed by atoms with Crippen molar-refractivity contribution >= 4 is 11.8 Å². The molecular formula is C13H17N3O2. The van der Waals surface area contributed by atoms with Gasteiger partial charge in [0.1, 0.15) is 6.04 Å². The summed E-state index contributed by atoms with van der Waals surface area (Å²) in [5.74, 6) is -0.877. The second kappa shape index (κ2) is 6.54. The van der Waals surface area contributed by atoms with Gasteiger partial charge in [0, 0.05) is 18.0 Å². The molecule has 0 radical (unpaired) electrons. The number of rotatable bonds is 5. The number of hydrogen-bond acceptors (Lipinski definition) is 3. The lowest BCUT2D eigenvalue weighted by molar-refractivity contribution is -0.119. The smallest absolute Gasteiger partial charge is 0.252 e. The number of pyridine rings is 1. The van der Waals surface area contributed by atoms with Gasteiger partial charge in [-0.15, -0.1) is 0 Å². The Labute approximate surface area is 106 Å². The van der Waals surface area contributed by atoms with E-state index in [4.69, 9.17) is 5.73 Å². The van der Waals surface area contributed by atoms with Gasteiger partial charge in [-0.1, -0.05) is 11.6 Å². The fraction of sp³-hybridized carbons (Fsp3) is 0.308. The molecule has 0 bridgehead atoms. The minimum atomic E-state index is -0.694. The van der Waals surface area contributed by atoms with Crippen molar-refractivity contribution in [3.63, 3.8) is 0 Å². The van der Waals surface area contributed by atoms with Crippen molar-refractivity contribution in [2.24, 2.45) is 5.73 Å². The molecule has 0 fully saturated rings. The molecule has 0 unspecified atom stereocenters. The fourth-order valence-corrected chi connectivity index (χ4v) is 1.34. The molecule has 0 aliphatic carbocycles. The molecule has 0 saturated heterocycles. The summed E-state index contributed by atoms with van der Waals surface area (Å²) in [5, 5.41) is 2.60. The highest BCUT2D eigenvalue weighted by atomic mass is 16.2. The Morgan fingerprint density at radius 3 is 2.50 bits per heavy atom. The molecule has 1 atom stereocenters. The first-order valence-corrected chi connectivity index (χ1v) is 5.64. The van der Waals surface area contributed by atoms with E-state index in [0.717, 1.165) is 5.57 Å². The summed E-state index contributed by atoms with van der Waals surface area (Å²) in [5.41, 5.74) is 6.78. The van der Waals surface area contributed by atoms with Crippen LogP contribution in [0.1, 0.15) is 30.6 Å². The first-order chi connectivity index (χ1) is 8.50. The van der Waals surface area contributed by atoms with Gasteiger partial charge in [-0.2, -0.15) is 0 Å². The molecule has 5 heteroatoms. The zero-order valence-corrected chi connectivity index (χ0v) is 10.5. The van der Waals surface area contributed by atoms with E-state index in [2.05, 4.69) is 10.3 Å². The normalized spacial score (nSPS) is 11.4. The van der Waals surface area contributed by atoms with Gasteiger partial charge >= 0.3 is 0 Å². The van der Waals surface area contributed by atoms with Crippen LogP contribution in [0.4, 0.5) is 0 Å². The summed E-state index contributed by atoms with van der Waals surface area (Å²) in [6.45, 7) is 3.84. The monoisotopic (exact) mass is 247 g/mol. The molecule has 1 heterocycles. The molecule has 1 rings (SSSR count). The number of hydrogen-bond donors (Lipinski definition) is 2. The topological polar surface area (TPSA) is 85.1 Å². The number of carbonyl (C=O) groups is 2. The molecule has 96 valence electrons. The average molecular weight is 247 g/mol. The maximum Gasteiger partial charge on any atom is 0.252 e. The molecule has 2 amide bonds. The third-order valence-corrected chi connectivity index (χ3v) is 2.35. The van der Waals surface area contributed by atoms with Crippen LogP contribution in [0, 0.1) is 0 Å². The average Bonchev–Trinajstić information content (AvgIpc) is 2.34. The Morgan fingerprint density at radius 1 is 1.39 bits per heavy atom. The van der Waals surface area contributed by atoms with E-state index in [1.807, 2.05) is 19.9 Å². The number of carbonyl (C=O) groups excluding carboxylic acids is 2. The van der Waals surface area contributed by atoms with Crippen LogP contribution < -0.4 is 11.1 Å². The SMILES string of the molecule is CC(C)=CC[C@H](NC(=O)c1ccncc1)C(N)=O. The lowest BCUT2D eigenvalue weighted by Gasteiger charge is -2.13. The number of primary amides is 1. The van der Waals surface area contributed by atoms with Gasteiger partial charge in [0.15, 0.2) is 0 Å². The molecule has 1 aromatic rings. The molecule has 18 heavy (non-hydrogen) atoms. The molecule has 0 aliphatic rings. The predicted molar refractivity (Wildman–Crippen MR) is 68.7 cm³/mol. The number of amides is 2. The Bertz CT molecular complexity index is 451. The number of allylic oxidation sites excluding steroid dienone is 1. The summed E-state index contributed by atoms with van der Waals surface area (Å²) >= 11 is 0. The van der Waals surface area contributed by atoms with E-state index in [9.17, 15) is 9.59 Å². The Morgan fingerprint density at radius 2 is 2.00 bits per heavy atom. The van der Waals surface area contributed by atoms with Crippen LogP contribution in [0.3, 0.4) is 0 Å². The molecule has 0 aliphatic heterocycles. The summed E-state index contributed by atoms with van der Waals surface area (Å²) in [6, 6.07) is 2.46. The van der Waals surface area contributed by atoms with Crippen LogP contribution in [0.2, 0.25) is 0 Å². The van der Waals surface area contributed by atoms with Crippen LogP contribution in [0.5, 0.6) is 0 Å². The summed E-state index contributed by atoms with van der Waals surface area (Å²) in [7, 11) is 0. The quantitative estimate of drug-likeness (QED) is 0.762. The first kappa shape index (κ1) is 13.9. The van der Waals surface area contributed by atoms with Crippen LogP contribution in [-0.2, 0) is 4.79 Å². The van der Waals surface area contributed by atoms with Crippen LogP contribution in [0.25, 0.3) is 0 Å². The van der Waals surface area contributed by atoms with Gasteiger partial charge in [-0.3, -0.25) is 14.6 Å². The van der Waals surface area contributed by atoms with E-state index < -0.39 is 11.9 Å².